The maximum Gasteiger partial charge on any atom is 0.269 e. The molecule has 0 spiro atoms. The third-order valence-electron chi connectivity index (χ3n) is 4.00. The van der Waals surface area contributed by atoms with Crippen LogP contribution in [0.15, 0.2) is 36.7 Å². The van der Waals surface area contributed by atoms with Crippen LogP contribution in [-0.4, -0.2) is 64.8 Å². The third-order valence-corrected chi connectivity index (χ3v) is 4.00. The molecule has 3 heterocycles. The Balaban J connectivity index is 1.44. The van der Waals surface area contributed by atoms with Gasteiger partial charge in [-0.05, 0) is 25.1 Å². The van der Waals surface area contributed by atoms with Crippen molar-refractivity contribution in [1.29, 1.82) is 0 Å². The van der Waals surface area contributed by atoms with Gasteiger partial charge in [-0.15, -0.1) is 0 Å². The highest BCUT2D eigenvalue weighted by molar-refractivity contribution is 5.92. The second kappa shape index (κ2) is 7.23. The number of pyridine rings is 1. The predicted molar refractivity (Wildman–Crippen MR) is 88.4 cm³/mol. The number of carbonyl (C=O) groups is 1. The van der Waals surface area contributed by atoms with E-state index in [0.717, 1.165) is 38.5 Å². The van der Waals surface area contributed by atoms with E-state index < -0.39 is 0 Å². The molecule has 7 heteroatoms. The topological polar surface area (TPSA) is 77.2 Å². The van der Waals surface area contributed by atoms with Crippen molar-refractivity contribution in [2.75, 3.05) is 37.6 Å². The van der Waals surface area contributed by atoms with E-state index in [4.69, 9.17) is 0 Å². The van der Waals surface area contributed by atoms with Crippen LogP contribution in [0.3, 0.4) is 0 Å². The quantitative estimate of drug-likeness (QED) is 0.851. The van der Waals surface area contributed by atoms with Gasteiger partial charge in [0.2, 0.25) is 0 Å². The van der Waals surface area contributed by atoms with Crippen LogP contribution in [0.4, 0.5) is 5.82 Å². The fourth-order valence-electron chi connectivity index (χ4n) is 2.82. The molecule has 0 aliphatic carbocycles. The summed E-state index contributed by atoms with van der Waals surface area (Å²) in [6.45, 7) is 6.73. The Morgan fingerprint density at radius 3 is 2.74 bits per heavy atom. The number of rotatable bonds is 5. The number of piperazine rings is 1. The van der Waals surface area contributed by atoms with E-state index >= 15 is 0 Å². The molecule has 1 aliphatic rings. The lowest BCUT2D eigenvalue weighted by molar-refractivity contribution is 0.0923. The van der Waals surface area contributed by atoms with Crippen molar-refractivity contribution in [3.8, 4) is 0 Å². The SMILES string of the molecule is CC(CN1CCN(c2ccccn2)CC1)NC(=O)c1ccn[nH]1. The first-order valence-electron chi connectivity index (χ1n) is 7.91. The van der Waals surface area contributed by atoms with E-state index in [1.807, 2.05) is 31.3 Å². The Hall–Kier alpha value is -2.41. The summed E-state index contributed by atoms with van der Waals surface area (Å²) >= 11 is 0. The molecule has 1 saturated heterocycles. The average molecular weight is 314 g/mol. The lowest BCUT2D eigenvalue weighted by Gasteiger charge is -2.36. The largest absolute Gasteiger partial charge is 0.354 e. The van der Waals surface area contributed by atoms with E-state index in [0.29, 0.717) is 5.69 Å². The van der Waals surface area contributed by atoms with Gasteiger partial charge in [0.25, 0.3) is 5.91 Å². The molecule has 1 atom stereocenters. The Morgan fingerprint density at radius 2 is 2.09 bits per heavy atom. The van der Waals surface area contributed by atoms with Crippen molar-refractivity contribution >= 4 is 11.7 Å². The van der Waals surface area contributed by atoms with Crippen LogP contribution in [0.25, 0.3) is 0 Å². The smallest absolute Gasteiger partial charge is 0.269 e. The van der Waals surface area contributed by atoms with Gasteiger partial charge in [-0.3, -0.25) is 14.8 Å². The van der Waals surface area contributed by atoms with E-state index in [2.05, 4.69) is 30.3 Å². The lowest BCUT2D eigenvalue weighted by Crippen LogP contribution is -2.51. The molecule has 122 valence electrons. The molecule has 7 nitrogen and oxygen atoms in total. The number of nitrogens with zero attached hydrogens (tertiary/aromatic N) is 4. The van der Waals surface area contributed by atoms with E-state index in [-0.39, 0.29) is 11.9 Å². The summed E-state index contributed by atoms with van der Waals surface area (Å²) in [7, 11) is 0. The molecule has 0 radical (unpaired) electrons. The fraction of sp³-hybridized carbons (Fsp3) is 0.438. The zero-order valence-electron chi connectivity index (χ0n) is 13.3. The average Bonchev–Trinajstić information content (AvgIpc) is 3.11. The molecule has 2 aromatic rings. The summed E-state index contributed by atoms with van der Waals surface area (Å²) < 4.78 is 0. The second-order valence-corrected chi connectivity index (χ2v) is 5.82. The first-order chi connectivity index (χ1) is 11.2. The van der Waals surface area contributed by atoms with Gasteiger partial charge in [0.1, 0.15) is 11.5 Å². The second-order valence-electron chi connectivity index (χ2n) is 5.82. The Morgan fingerprint density at radius 1 is 1.26 bits per heavy atom. The summed E-state index contributed by atoms with van der Waals surface area (Å²) in [5.41, 5.74) is 0.497. The molecule has 1 fully saturated rings. The monoisotopic (exact) mass is 314 g/mol. The molecule has 2 aromatic heterocycles. The molecule has 1 unspecified atom stereocenters. The highest BCUT2D eigenvalue weighted by atomic mass is 16.2. The van der Waals surface area contributed by atoms with Gasteiger partial charge in [-0.25, -0.2) is 4.98 Å². The number of carbonyl (C=O) groups excluding carboxylic acids is 1. The molecule has 1 aliphatic heterocycles. The standard InChI is InChI=1S/C16H22N6O/c1-13(19-16(23)14-5-7-18-20-14)12-21-8-10-22(11-9-21)15-4-2-3-6-17-15/h2-7,13H,8-12H2,1H3,(H,18,20)(H,19,23). The maximum atomic E-state index is 12.0. The molecule has 1 amide bonds. The number of nitrogens with one attached hydrogen (secondary N) is 2. The van der Waals surface area contributed by atoms with Crippen molar-refractivity contribution in [3.63, 3.8) is 0 Å². The first-order valence-corrected chi connectivity index (χ1v) is 7.91. The normalized spacial score (nSPS) is 17.0. The van der Waals surface area contributed by atoms with Gasteiger partial charge >= 0.3 is 0 Å². The molecule has 23 heavy (non-hydrogen) atoms. The Kier molecular flexibility index (Phi) is 4.87. The van der Waals surface area contributed by atoms with Crippen LogP contribution in [0.2, 0.25) is 0 Å². The lowest BCUT2D eigenvalue weighted by atomic mass is 10.2. The maximum absolute atomic E-state index is 12.0. The summed E-state index contributed by atoms with van der Waals surface area (Å²) in [6.07, 6.45) is 3.41. The van der Waals surface area contributed by atoms with E-state index in [9.17, 15) is 4.79 Å². The van der Waals surface area contributed by atoms with Gasteiger partial charge in [0, 0.05) is 51.2 Å². The highest BCUT2D eigenvalue weighted by Crippen LogP contribution is 2.12. The van der Waals surface area contributed by atoms with Crippen LogP contribution in [0, 0.1) is 0 Å². The minimum Gasteiger partial charge on any atom is -0.354 e. The molecule has 0 saturated carbocycles. The predicted octanol–water partition coefficient (Wildman–Crippen LogP) is 0.745. The summed E-state index contributed by atoms with van der Waals surface area (Å²) in [5, 5.41) is 9.47. The van der Waals surface area contributed by atoms with E-state index in [1.165, 1.54) is 0 Å². The van der Waals surface area contributed by atoms with Crippen molar-refractivity contribution < 1.29 is 4.79 Å². The third kappa shape index (κ3) is 4.07. The number of hydrogen-bond donors (Lipinski definition) is 2. The number of anilines is 1. The van der Waals surface area contributed by atoms with Crippen LogP contribution in [0.5, 0.6) is 0 Å². The zero-order chi connectivity index (χ0) is 16.1. The van der Waals surface area contributed by atoms with Crippen LogP contribution >= 0.6 is 0 Å². The van der Waals surface area contributed by atoms with Gasteiger partial charge in [0.15, 0.2) is 0 Å². The summed E-state index contributed by atoms with van der Waals surface area (Å²) in [6, 6.07) is 7.76. The number of hydrogen-bond acceptors (Lipinski definition) is 5. The number of H-pyrrole nitrogens is 1. The van der Waals surface area contributed by atoms with Crippen molar-refractivity contribution in [3.05, 3.63) is 42.4 Å². The molecular formula is C16H22N6O. The number of aromatic amines is 1. The zero-order valence-corrected chi connectivity index (χ0v) is 13.3. The van der Waals surface area contributed by atoms with Crippen LogP contribution in [0.1, 0.15) is 17.4 Å². The van der Waals surface area contributed by atoms with Crippen molar-refractivity contribution in [2.24, 2.45) is 0 Å². The van der Waals surface area contributed by atoms with E-state index in [1.54, 1.807) is 12.3 Å². The molecule has 0 bridgehead atoms. The number of aromatic nitrogens is 3. The van der Waals surface area contributed by atoms with Crippen LogP contribution < -0.4 is 10.2 Å². The fourth-order valence-corrected chi connectivity index (χ4v) is 2.82. The summed E-state index contributed by atoms with van der Waals surface area (Å²) in [4.78, 5) is 21.0. The number of amides is 1. The summed E-state index contributed by atoms with van der Waals surface area (Å²) in [5.74, 6) is 0.926. The molecule has 3 rings (SSSR count). The minimum atomic E-state index is -0.109. The van der Waals surface area contributed by atoms with Gasteiger partial charge in [-0.2, -0.15) is 5.10 Å². The minimum absolute atomic E-state index is 0.0900. The van der Waals surface area contributed by atoms with Crippen molar-refractivity contribution in [1.82, 2.24) is 25.4 Å². The first kappa shape index (κ1) is 15.5. The molecule has 2 N–H and O–H groups in total. The Bertz CT molecular complexity index is 607. The van der Waals surface area contributed by atoms with Crippen molar-refractivity contribution in [2.45, 2.75) is 13.0 Å². The highest BCUT2D eigenvalue weighted by Gasteiger charge is 2.20. The van der Waals surface area contributed by atoms with Gasteiger partial charge < -0.3 is 10.2 Å². The van der Waals surface area contributed by atoms with Gasteiger partial charge in [0.05, 0.1) is 0 Å². The van der Waals surface area contributed by atoms with Crippen LogP contribution in [-0.2, 0) is 0 Å². The Labute approximate surface area is 135 Å². The molecular weight excluding hydrogens is 292 g/mol. The molecule has 0 aromatic carbocycles. The van der Waals surface area contributed by atoms with Gasteiger partial charge in [-0.1, -0.05) is 6.07 Å².